The number of hydrogen-bond donors (Lipinski definition) is 3. The summed E-state index contributed by atoms with van der Waals surface area (Å²) < 4.78 is 39.0. The molecule has 206 valence electrons. The Balaban J connectivity index is 1.30. The van der Waals surface area contributed by atoms with Gasteiger partial charge in [-0.15, -0.1) is 0 Å². The zero-order valence-corrected chi connectivity index (χ0v) is 21.4. The van der Waals surface area contributed by atoms with Gasteiger partial charge in [0.2, 0.25) is 0 Å². The fraction of sp³-hybridized carbons (Fsp3) is 0.379. The molecule has 1 saturated heterocycles. The number of aliphatic hydroxyl groups excluding tert-OH is 1. The Morgan fingerprint density at radius 1 is 1.03 bits per heavy atom. The van der Waals surface area contributed by atoms with E-state index in [0.29, 0.717) is 13.0 Å². The largest absolute Gasteiger partial charge is 0.486 e. The molecule has 0 bridgehead atoms. The van der Waals surface area contributed by atoms with Crippen molar-refractivity contribution < 1.29 is 33.4 Å². The number of aryl methyl sites for hydroxylation is 1. The van der Waals surface area contributed by atoms with Gasteiger partial charge in [0, 0.05) is 13.0 Å². The number of amides is 1. The number of oxime groups is 1. The van der Waals surface area contributed by atoms with E-state index >= 15 is 0 Å². The maximum absolute atomic E-state index is 14.7. The van der Waals surface area contributed by atoms with Crippen molar-refractivity contribution in [1.29, 1.82) is 0 Å². The summed E-state index contributed by atoms with van der Waals surface area (Å²) in [5, 5.41) is 28.6. The molecule has 3 N–H and O–H groups in total. The van der Waals surface area contributed by atoms with Crippen LogP contribution in [0.3, 0.4) is 0 Å². The molecule has 0 radical (unpaired) electrons. The number of nitrogens with one attached hydrogen (secondary N) is 1. The first kappa shape index (κ1) is 26.8. The molecule has 1 amide bonds. The summed E-state index contributed by atoms with van der Waals surface area (Å²) in [6.45, 7) is 2.48. The van der Waals surface area contributed by atoms with Crippen molar-refractivity contribution in [3.8, 4) is 11.5 Å². The van der Waals surface area contributed by atoms with Crippen molar-refractivity contribution in [1.82, 2.24) is 10.2 Å². The van der Waals surface area contributed by atoms with Gasteiger partial charge in [0.1, 0.15) is 30.8 Å². The van der Waals surface area contributed by atoms with E-state index in [1.165, 1.54) is 24.3 Å². The molecule has 3 aromatic rings. The molecule has 0 unspecified atom stereocenters. The van der Waals surface area contributed by atoms with Gasteiger partial charge >= 0.3 is 0 Å². The molecule has 2 aliphatic heterocycles. The molecule has 2 aliphatic rings. The predicted octanol–water partition coefficient (Wildman–Crippen LogP) is 3.97. The first-order valence-electron chi connectivity index (χ1n) is 13.1. The molecule has 8 nitrogen and oxygen atoms in total. The predicted molar refractivity (Wildman–Crippen MR) is 141 cm³/mol. The van der Waals surface area contributed by atoms with E-state index in [0.717, 1.165) is 42.3 Å². The second-order valence-corrected chi connectivity index (χ2v) is 9.93. The number of rotatable bonds is 9. The Hall–Kier alpha value is -3.76. The Morgan fingerprint density at radius 2 is 1.77 bits per heavy atom. The van der Waals surface area contributed by atoms with Crippen LogP contribution < -0.4 is 14.8 Å². The number of fused-ring (bicyclic) bond motifs is 2. The lowest BCUT2D eigenvalue weighted by Crippen LogP contribution is -2.48. The van der Waals surface area contributed by atoms with Crippen molar-refractivity contribution in [2.45, 2.75) is 37.8 Å². The first-order chi connectivity index (χ1) is 18.9. The van der Waals surface area contributed by atoms with Crippen LogP contribution in [-0.4, -0.2) is 65.7 Å². The lowest BCUT2D eigenvalue weighted by molar-refractivity contribution is -0.116. The van der Waals surface area contributed by atoms with Crippen molar-refractivity contribution >= 4 is 22.4 Å². The molecule has 1 fully saturated rings. The van der Waals surface area contributed by atoms with E-state index < -0.39 is 23.9 Å². The Morgan fingerprint density at radius 3 is 2.56 bits per heavy atom. The van der Waals surface area contributed by atoms with Gasteiger partial charge in [-0.05, 0) is 78.5 Å². The van der Waals surface area contributed by atoms with Gasteiger partial charge in [0.05, 0.1) is 6.04 Å². The molecular weight excluding hydrogens is 508 g/mol. The summed E-state index contributed by atoms with van der Waals surface area (Å²) in [5.41, 5.74) is 1.04. The molecular formula is C29H31F2N3O5. The molecule has 2 atom stereocenters. The molecule has 0 aliphatic carbocycles. The summed E-state index contributed by atoms with van der Waals surface area (Å²) in [6, 6.07) is 12.0. The highest BCUT2D eigenvalue weighted by atomic mass is 19.1. The maximum atomic E-state index is 14.7. The second kappa shape index (κ2) is 12.0. The first-order valence-corrected chi connectivity index (χ1v) is 13.1. The number of carbonyl (C=O) groups is 1. The third-order valence-electron chi connectivity index (χ3n) is 7.21. The third kappa shape index (κ3) is 6.29. The van der Waals surface area contributed by atoms with Crippen LogP contribution in [-0.2, 0) is 11.2 Å². The summed E-state index contributed by atoms with van der Waals surface area (Å²) in [4.78, 5) is 15.3. The number of benzene rings is 3. The number of aliphatic hydroxyl groups is 1. The molecule has 3 aromatic carbocycles. The monoisotopic (exact) mass is 539 g/mol. The van der Waals surface area contributed by atoms with Crippen LogP contribution in [0, 0.1) is 11.6 Å². The summed E-state index contributed by atoms with van der Waals surface area (Å²) >= 11 is 0. The topological polar surface area (TPSA) is 104 Å². The average molecular weight is 540 g/mol. The Labute approximate surface area is 224 Å². The van der Waals surface area contributed by atoms with Crippen LogP contribution in [0.1, 0.15) is 36.5 Å². The van der Waals surface area contributed by atoms with Crippen molar-refractivity contribution in [3.63, 3.8) is 0 Å². The van der Waals surface area contributed by atoms with E-state index in [9.17, 15) is 23.9 Å². The van der Waals surface area contributed by atoms with Crippen LogP contribution >= 0.6 is 0 Å². The van der Waals surface area contributed by atoms with Crippen LogP contribution in [0.2, 0.25) is 0 Å². The maximum Gasteiger partial charge on any atom is 0.269 e. The van der Waals surface area contributed by atoms with Crippen molar-refractivity contribution in [2.75, 3.05) is 32.8 Å². The van der Waals surface area contributed by atoms with Crippen LogP contribution in [0.15, 0.2) is 53.7 Å². The van der Waals surface area contributed by atoms with E-state index in [1.54, 1.807) is 12.1 Å². The fourth-order valence-corrected chi connectivity index (χ4v) is 5.15. The number of hydrogen-bond acceptors (Lipinski definition) is 7. The fourth-order valence-electron chi connectivity index (χ4n) is 5.15. The quantitative estimate of drug-likeness (QED) is 0.216. The highest BCUT2D eigenvalue weighted by Crippen LogP contribution is 2.36. The van der Waals surface area contributed by atoms with E-state index in [1.807, 2.05) is 12.1 Å². The smallest absolute Gasteiger partial charge is 0.269 e. The van der Waals surface area contributed by atoms with Gasteiger partial charge in [0.15, 0.2) is 17.3 Å². The SMILES string of the molecule is O=C(N[C@H](CN1CCCC1)[C@H](O)c1cc(F)c2c(c1)OCCO2)C(CCc1ccc2cc(F)ccc2c1)=NO. The minimum absolute atomic E-state index is 0.00542. The van der Waals surface area contributed by atoms with Gasteiger partial charge in [-0.25, -0.2) is 8.78 Å². The van der Waals surface area contributed by atoms with Gasteiger partial charge < -0.3 is 30.0 Å². The highest BCUT2D eigenvalue weighted by molar-refractivity contribution is 6.38. The standard InChI is InChI=1S/C29H31F2N3O5/c30-22-7-6-19-13-18(3-5-20(19)14-22)4-8-24(33-37)29(36)32-25(17-34-9-1-2-10-34)27(35)21-15-23(31)28-26(16-21)38-11-12-39-28/h3,5-7,13-16,25,27,35,37H,1-2,4,8-12,17H2,(H,32,36)/t25-,27-/m1/s1. The number of likely N-dealkylation sites (tertiary alicyclic amines) is 1. The van der Waals surface area contributed by atoms with Crippen LogP contribution in [0.25, 0.3) is 10.8 Å². The van der Waals surface area contributed by atoms with Crippen molar-refractivity contribution in [3.05, 3.63) is 71.3 Å². The zero-order chi connectivity index (χ0) is 27.4. The number of halogens is 2. The van der Waals surface area contributed by atoms with Gasteiger partial charge in [-0.2, -0.15) is 0 Å². The lowest BCUT2D eigenvalue weighted by atomic mass is 9.99. The normalized spacial score (nSPS) is 17.3. The molecule has 2 heterocycles. The minimum Gasteiger partial charge on any atom is -0.486 e. The van der Waals surface area contributed by atoms with E-state index in [4.69, 9.17) is 9.47 Å². The molecule has 39 heavy (non-hydrogen) atoms. The van der Waals surface area contributed by atoms with Gasteiger partial charge in [0.25, 0.3) is 5.91 Å². The number of nitrogens with zero attached hydrogens (tertiary/aromatic N) is 2. The third-order valence-corrected chi connectivity index (χ3v) is 7.21. The molecule has 0 saturated carbocycles. The second-order valence-electron chi connectivity index (χ2n) is 9.93. The Bertz CT molecular complexity index is 1380. The zero-order valence-electron chi connectivity index (χ0n) is 21.4. The number of ether oxygens (including phenoxy) is 2. The summed E-state index contributed by atoms with van der Waals surface area (Å²) in [6.07, 6.45) is 1.32. The van der Waals surface area contributed by atoms with Crippen LogP contribution in [0.4, 0.5) is 8.78 Å². The Kier molecular flexibility index (Phi) is 8.23. The molecule has 5 rings (SSSR count). The highest BCUT2D eigenvalue weighted by Gasteiger charge is 2.30. The van der Waals surface area contributed by atoms with Gasteiger partial charge in [-0.3, -0.25) is 4.79 Å². The van der Waals surface area contributed by atoms with E-state index in [2.05, 4.69) is 15.4 Å². The van der Waals surface area contributed by atoms with Gasteiger partial charge in [-0.1, -0.05) is 29.4 Å². The summed E-state index contributed by atoms with van der Waals surface area (Å²) in [7, 11) is 0. The van der Waals surface area contributed by atoms with Crippen LogP contribution in [0.5, 0.6) is 11.5 Å². The molecule has 0 aromatic heterocycles. The molecule has 0 spiro atoms. The average Bonchev–Trinajstić information content (AvgIpc) is 3.46. The lowest BCUT2D eigenvalue weighted by Gasteiger charge is -2.29. The molecule has 10 heteroatoms. The number of carbonyl (C=O) groups excluding carboxylic acids is 1. The summed E-state index contributed by atoms with van der Waals surface area (Å²) in [5.74, 6) is -1.38. The van der Waals surface area contributed by atoms with Crippen molar-refractivity contribution in [2.24, 2.45) is 5.16 Å². The minimum atomic E-state index is -1.25. The van der Waals surface area contributed by atoms with E-state index in [-0.39, 0.29) is 48.2 Å².